The van der Waals surface area contributed by atoms with Crippen molar-refractivity contribution >= 4 is 21.9 Å². The zero-order valence-electron chi connectivity index (χ0n) is 20.7. The van der Waals surface area contributed by atoms with Crippen molar-refractivity contribution in [3.8, 4) is 5.75 Å². The molecule has 0 heterocycles. The van der Waals surface area contributed by atoms with Crippen LogP contribution in [0.5, 0.6) is 5.75 Å². The number of esters is 1. The molecule has 33 heavy (non-hydrogen) atoms. The minimum Gasteiger partial charge on any atom is -0.508 e. The van der Waals surface area contributed by atoms with E-state index in [0.29, 0.717) is 29.4 Å². The molecule has 3 nitrogen and oxygen atoms in total. The number of ether oxygens (including phenoxy) is 1. The fraction of sp³-hybridized carbons (Fsp3) is 0.759. The second-order valence-electron chi connectivity index (χ2n) is 11.3. The van der Waals surface area contributed by atoms with E-state index in [1.54, 1.807) is 6.92 Å². The molecule has 0 spiro atoms. The fourth-order valence-electron chi connectivity index (χ4n) is 7.79. The van der Waals surface area contributed by atoms with Crippen LogP contribution in [-0.2, 0) is 16.0 Å². The van der Waals surface area contributed by atoms with Crippen molar-refractivity contribution in [2.24, 2.45) is 23.2 Å². The molecular weight excluding hydrogens is 476 g/mol. The number of alkyl halides is 1. The van der Waals surface area contributed by atoms with Gasteiger partial charge in [-0.1, -0.05) is 67.4 Å². The Morgan fingerprint density at radius 1 is 1.09 bits per heavy atom. The molecule has 4 rings (SSSR count). The Labute approximate surface area is 209 Å². The lowest BCUT2D eigenvalue weighted by Crippen LogP contribution is -2.48. The average Bonchev–Trinajstić information content (AvgIpc) is 3.10. The number of phenols is 1. The second kappa shape index (κ2) is 11.1. The maximum Gasteiger partial charge on any atom is 0.302 e. The van der Waals surface area contributed by atoms with Gasteiger partial charge < -0.3 is 9.84 Å². The van der Waals surface area contributed by atoms with Gasteiger partial charge in [0.2, 0.25) is 0 Å². The predicted octanol–water partition coefficient (Wildman–Crippen LogP) is 7.92. The smallest absolute Gasteiger partial charge is 0.302 e. The lowest BCUT2D eigenvalue weighted by atomic mass is 9.52. The van der Waals surface area contributed by atoms with E-state index in [0.717, 1.165) is 24.6 Å². The van der Waals surface area contributed by atoms with Gasteiger partial charge in [-0.05, 0) is 91.9 Å². The first kappa shape index (κ1) is 25.1. The van der Waals surface area contributed by atoms with Crippen LogP contribution in [0.15, 0.2) is 18.2 Å². The third-order valence-corrected chi connectivity index (χ3v) is 9.88. The molecule has 3 aliphatic rings. The van der Waals surface area contributed by atoms with Gasteiger partial charge in [0, 0.05) is 17.7 Å². The number of hydrogen-bond donors (Lipinski definition) is 1. The maximum absolute atomic E-state index is 11.8. The van der Waals surface area contributed by atoms with Crippen LogP contribution < -0.4 is 0 Å². The number of fused-ring (bicyclic) bond motifs is 5. The van der Waals surface area contributed by atoms with Gasteiger partial charge in [0.15, 0.2) is 0 Å². The number of phenolic OH excluding ortho intramolecular Hbond substituents is 1. The van der Waals surface area contributed by atoms with Crippen molar-refractivity contribution in [2.45, 2.75) is 109 Å². The maximum atomic E-state index is 11.8. The zero-order chi connectivity index (χ0) is 23.4. The van der Waals surface area contributed by atoms with Gasteiger partial charge in [-0.2, -0.15) is 0 Å². The summed E-state index contributed by atoms with van der Waals surface area (Å²) in [6.07, 6.45) is 16.4. The third kappa shape index (κ3) is 5.46. The van der Waals surface area contributed by atoms with E-state index in [1.807, 2.05) is 12.1 Å². The van der Waals surface area contributed by atoms with Gasteiger partial charge in [-0.25, -0.2) is 0 Å². The molecule has 1 aromatic rings. The molecule has 184 valence electrons. The molecule has 2 saturated carbocycles. The highest BCUT2D eigenvalue weighted by Gasteiger charge is 2.57. The van der Waals surface area contributed by atoms with Crippen LogP contribution in [0, 0.1) is 23.2 Å². The largest absolute Gasteiger partial charge is 0.508 e. The number of rotatable bonds is 10. The van der Waals surface area contributed by atoms with Crippen LogP contribution in [-0.4, -0.2) is 22.5 Å². The van der Waals surface area contributed by atoms with Crippen molar-refractivity contribution in [1.82, 2.24) is 0 Å². The zero-order valence-corrected chi connectivity index (χ0v) is 22.2. The molecule has 0 saturated heterocycles. The first-order valence-electron chi connectivity index (χ1n) is 13.5. The Hall–Kier alpha value is -1.03. The molecule has 6 atom stereocenters. The summed E-state index contributed by atoms with van der Waals surface area (Å²) in [4.78, 5) is 11.8. The van der Waals surface area contributed by atoms with Gasteiger partial charge in [0.1, 0.15) is 11.9 Å². The number of benzene rings is 1. The molecule has 3 aliphatic carbocycles. The molecular formula is C29H43BrO3. The van der Waals surface area contributed by atoms with Crippen LogP contribution >= 0.6 is 15.9 Å². The highest BCUT2D eigenvalue weighted by molar-refractivity contribution is 9.09. The predicted molar refractivity (Wildman–Crippen MR) is 138 cm³/mol. The lowest BCUT2D eigenvalue weighted by Gasteiger charge is -2.53. The molecule has 4 heteroatoms. The minimum atomic E-state index is -0.124. The molecule has 1 aromatic carbocycles. The normalized spacial score (nSPS) is 32.6. The SMILES string of the molecule is CC(=O)O[C@H]1CCC2C3C(CC[C@@]21C)c1ccc(O)cc1C[C@@H]3CCCCCCCCCBr. The van der Waals surface area contributed by atoms with Gasteiger partial charge >= 0.3 is 5.97 Å². The topological polar surface area (TPSA) is 46.5 Å². The second-order valence-corrected chi connectivity index (χ2v) is 12.1. The summed E-state index contributed by atoms with van der Waals surface area (Å²) in [6, 6.07) is 6.12. The Bertz CT molecular complexity index is 808. The van der Waals surface area contributed by atoms with E-state index >= 15 is 0 Å². The molecule has 2 fully saturated rings. The first-order valence-corrected chi connectivity index (χ1v) is 14.6. The van der Waals surface area contributed by atoms with Crippen molar-refractivity contribution in [3.05, 3.63) is 29.3 Å². The number of carbonyl (C=O) groups excluding carboxylic acids is 1. The number of hydrogen-bond acceptors (Lipinski definition) is 3. The molecule has 0 amide bonds. The quantitative estimate of drug-likeness (QED) is 0.194. The standard InChI is InChI=1S/C29H43BrO3/c1-20(31)33-27-14-13-26-28-21(10-8-6-4-3-5-7-9-17-30)18-22-19-23(32)11-12-24(22)25(28)15-16-29(26,27)2/h11-12,19,21,25-28,32H,3-10,13-18H2,1-2H3/t21-,25?,26?,27-,28?,29-/m0/s1. The van der Waals surface area contributed by atoms with E-state index in [4.69, 9.17) is 4.74 Å². The van der Waals surface area contributed by atoms with Crippen LogP contribution in [0.25, 0.3) is 0 Å². The van der Waals surface area contributed by atoms with Crippen LogP contribution in [0.1, 0.15) is 108 Å². The molecule has 1 N–H and O–H groups in total. The number of unbranched alkanes of at least 4 members (excludes halogenated alkanes) is 6. The van der Waals surface area contributed by atoms with E-state index in [-0.39, 0.29) is 17.5 Å². The minimum absolute atomic E-state index is 0.0855. The molecule has 0 aromatic heterocycles. The average molecular weight is 520 g/mol. The van der Waals surface area contributed by atoms with Crippen molar-refractivity contribution < 1.29 is 14.6 Å². The monoisotopic (exact) mass is 518 g/mol. The highest BCUT2D eigenvalue weighted by atomic mass is 79.9. The van der Waals surface area contributed by atoms with Gasteiger partial charge in [-0.3, -0.25) is 4.79 Å². The van der Waals surface area contributed by atoms with E-state index in [2.05, 4.69) is 28.9 Å². The Kier molecular flexibility index (Phi) is 8.46. The molecule has 3 unspecified atom stereocenters. The van der Waals surface area contributed by atoms with E-state index in [9.17, 15) is 9.90 Å². The number of carbonyl (C=O) groups is 1. The lowest BCUT2D eigenvalue weighted by molar-refractivity contribution is -0.155. The highest BCUT2D eigenvalue weighted by Crippen LogP contribution is 2.63. The number of halogens is 1. The van der Waals surface area contributed by atoms with Gasteiger partial charge in [0.25, 0.3) is 0 Å². The van der Waals surface area contributed by atoms with Gasteiger partial charge in [-0.15, -0.1) is 0 Å². The van der Waals surface area contributed by atoms with Crippen molar-refractivity contribution in [1.29, 1.82) is 0 Å². The Morgan fingerprint density at radius 3 is 2.55 bits per heavy atom. The fourth-order valence-corrected chi connectivity index (χ4v) is 8.19. The van der Waals surface area contributed by atoms with E-state index in [1.165, 1.54) is 75.3 Å². The molecule has 0 bridgehead atoms. The van der Waals surface area contributed by atoms with Crippen LogP contribution in [0.3, 0.4) is 0 Å². The number of aromatic hydroxyl groups is 1. The van der Waals surface area contributed by atoms with Crippen LogP contribution in [0.2, 0.25) is 0 Å². The summed E-state index contributed by atoms with van der Waals surface area (Å²) in [6.45, 7) is 3.97. The summed E-state index contributed by atoms with van der Waals surface area (Å²) in [5.41, 5.74) is 2.99. The third-order valence-electron chi connectivity index (χ3n) is 9.31. The van der Waals surface area contributed by atoms with Crippen molar-refractivity contribution in [3.63, 3.8) is 0 Å². The first-order chi connectivity index (χ1) is 15.9. The summed E-state index contributed by atoms with van der Waals surface area (Å²) in [7, 11) is 0. The summed E-state index contributed by atoms with van der Waals surface area (Å²) < 4.78 is 5.86. The summed E-state index contributed by atoms with van der Waals surface area (Å²) in [5, 5.41) is 11.3. The Balaban J connectivity index is 1.46. The van der Waals surface area contributed by atoms with Gasteiger partial charge in [0.05, 0.1) is 0 Å². The summed E-state index contributed by atoms with van der Waals surface area (Å²) >= 11 is 3.53. The summed E-state index contributed by atoms with van der Waals surface area (Å²) in [5.74, 6) is 2.88. The van der Waals surface area contributed by atoms with E-state index < -0.39 is 0 Å². The van der Waals surface area contributed by atoms with Crippen LogP contribution in [0.4, 0.5) is 0 Å². The molecule has 0 aliphatic heterocycles. The van der Waals surface area contributed by atoms with Crippen molar-refractivity contribution in [2.75, 3.05) is 5.33 Å². The molecule has 0 radical (unpaired) electrons. The Morgan fingerprint density at radius 2 is 1.82 bits per heavy atom.